The lowest BCUT2D eigenvalue weighted by atomic mass is 10.1. The van der Waals surface area contributed by atoms with Gasteiger partial charge in [-0.3, -0.25) is 19.4 Å². The van der Waals surface area contributed by atoms with E-state index in [1.165, 1.54) is 29.5 Å². The van der Waals surface area contributed by atoms with Crippen LogP contribution in [0.5, 0.6) is 0 Å². The highest BCUT2D eigenvalue weighted by Gasteiger charge is 2.23. The molecule has 1 N–H and O–H groups in total. The normalized spacial score (nSPS) is 11.3. The van der Waals surface area contributed by atoms with Gasteiger partial charge in [0.05, 0.1) is 27.4 Å². The third-order valence-corrected chi connectivity index (χ3v) is 7.68. The van der Waals surface area contributed by atoms with Crippen molar-refractivity contribution >= 4 is 48.3 Å². The first-order valence-corrected chi connectivity index (χ1v) is 13.0. The molecule has 0 spiro atoms. The van der Waals surface area contributed by atoms with Crippen LogP contribution in [0.2, 0.25) is 0 Å². The fourth-order valence-electron chi connectivity index (χ4n) is 3.54. The molecule has 0 aliphatic rings. The molecule has 5 rings (SSSR count). The number of thiazole rings is 1. The molecule has 5 aromatic rings. The van der Waals surface area contributed by atoms with E-state index in [1.54, 1.807) is 47.5 Å². The fraction of sp³-hybridized carbons (Fsp3) is 0.0385. The summed E-state index contributed by atoms with van der Waals surface area (Å²) in [6, 6.07) is 27.7. The van der Waals surface area contributed by atoms with Crippen LogP contribution in [-0.4, -0.2) is 24.3 Å². The molecule has 2 heterocycles. The Hall–Kier alpha value is -4.08. The van der Waals surface area contributed by atoms with Crippen LogP contribution >= 0.6 is 11.3 Å². The number of nitrogens with zero attached hydrogens (tertiary/aromatic N) is 3. The van der Waals surface area contributed by atoms with E-state index in [9.17, 15) is 13.2 Å². The van der Waals surface area contributed by atoms with Gasteiger partial charge in [0.2, 0.25) is 0 Å². The van der Waals surface area contributed by atoms with Gasteiger partial charge >= 0.3 is 0 Å². The molecule has 0 radical (unpaired) electrons. The predicted octanol–water partition coefficient (Wildman–Crippen LogP) is 5.34. The monoisotopic (exact) mass is 500 g/mol. The fourth-order valence-corrected chi connectivity index (χ4v) is 5.57. The minimum atomic E-state index is -3.79. The molecule has 174 valence electrons. The van der Waals surface area contributed by atoms with Crippen molar-refractivity contribution in [2.45, 2.75) is 11.4 Å². The maximum Gasteiger partial charge on any atom is 0.261 e. The van der Waals surface area contributed by atoms with Crippen LogP contribution in [0.1, 0.15) is 16.1 Å². The zero-order valence-electron chi connectivity index (χ0n) is 18.4. The summed E-state index contributed by atoms with van der Waals surface area (Å²) in [5.74, 6) is -0.310. The van der Waals surface area contributed by atoms with Crippen LogP contribution < -0.4 is 9.62 Å². The van der Waals surface area contributed by atoms with E-state index in [0.29, 0.717) is 22.1 Å². The minimum absolute atomic E-state index is 0.142. The lowest BCUT2D eigenvalue weighted by Crippen LogP contribution is -2.30. The molecule has 0 fully saturated rings. The van der Waals surface area contributed by atoms with E-state index in [4.69, 9.17) is 0 Å². The van der Waals surface area contributed by atoms with Gasteiger partial charge in [-0.15, -0.1) is 0 Å². The van der Waals surface area contributed by atoms with E-state index < -0.39 is 10.0 Å². The summed E-state index contributed by atoms with van der Waals surface area (Å²) in [5.41, 5.74) is 2.13. The van der Waals surface area contributed by atoms with Gasteiger partial charge < -0.3 is 0 Å². The first kappa shape index (κ1) is 22.7. The summed E-state index contributed by atoms with van der Waals surface area (Å²) in [7, 11) is -3.79. The minimum Gasteiger partial charge on any atom is -0.280 e. The van der Waals surface area contributed by atoms with Crippen molar-refractivity contribution in [2.24, 2.45) is 0 Å². The third-order valence-electron chi connectivity index (χ3n) is 5.22. The van der Waals surface area contributed by atoms with Crippen molar-refractivity contribution in [1.82, 2.24) is 9.97 Å². The number of para-hydroxylation sites is 1. The smallest absolute Gasteiger partial charge is 0.261 e. The molecule has 9 heteroatoms. The number of hydrogen-bond donors (Lipinski definition) is 1. The third kappa shape index (κ3) is 5.06. The highest BCUT2D eigenvalue weighted by Crippen LogP contribution is 2.31. The number of hydrogen-bond acceptors (Lipinski definition) is 6. The summed E-state index contributed by atoms with van der Waals surface area (Å²) in [6.45, 7) is 0.222. The van der Waals surface area contributed by atoms with Crippen molar-refractivity contribution in [3.05, 3.63) is 115 Å². The van der Waals surface area contributed by atoms with E-state index in [1.807, 2.05) is 42.5 Å². The first-order valence-electron chi connectivity index (χ1n) is 10.7. The Balaban J connectivity index is 1.48. The predicted molar refractivity (Wildman–Crippen MR) is 138 cm³/mol. The zero-order valence-corrected chi connectivity index (χ0v) is 20.0. The number of pyridine rings is 1. The summed E-state index contributed by atoms with van der Waals surface area (Å²) in [6.07, 6.45) is 1.68. The SMILES string of the molecule is O=C(c1cccc(NS(=O)(=O)c2ccccc2)c1)N(Cc1ccccn1)c1nc2ccccc2s1. The van der Waals surface area contributed by atoms with Gasteiger partial charge in [-0.05, 0) is 54.6 Å². The Bertz CT molecular complexity index is 1550. The number of carbonyl (C=O) groups is 1. The molecule has 0 saturated heterocycles. The van der Waals surface area contributed by atoms with Crippen molar-refractivity contribution in [3.63, 3.8) is 0 Å². The number of aromatic nitrogens is 2. The molecule has 3 aromatic carbocycles. The van der Waals surface area contributed by atoms with Gasteiger partial charge in [0.1, 0.15) is 0 Å². The largest absolute Gasteiger partial charge is 0.280 e. The molecule has 1 amide bonds. The van der Waals surface area contributed by atoms with Crippen LogP contribution in [-0.2, 0) is 16.6 Å². The maximum atomic E-state index is 13.7. The summed E-state index contributed by atoms with van der Waals surface area (Å²) >= 11 is 1.41. The second kappa shape index (κ2) is 9.65. The number of amides is 1. The Morgan fingerprint density at radius 1 is 0.886 bits per heavy atom. The Kier molecular flexibility index (Phi) is 6.26. The molecule has 7 nitrogen and oxygen atoms in total. The second-order valence-corrected chi connectivity index (χ2v) is 10.4. The van der Waals surface area contributed by atoms with E-state index in [0.717, 1.165) is 10.2 Å². The molecule has 0 atom stereocenters. The van der Waals surface area contributed by atoms with Crippen molar-refractivity contribution in [2.75, 3.05) is 9.62 Å². The maximum absolute atomic E-state index is 13.7. The number of nitrogens with one attached hydrogen (secondary N) is 1. The molecule has 0 bridgehead atoms. The summed E-state index contributed by atoms with van der Waals surface area (Å²) in [4.78, 5) is 24.4. The van der Waals surface area contributed by atoms with Gasteiger partial charge in [-0.1, -0.05) is 53.8 Å². The highest BCUT2D eigenvalue weighted by atomic mass is 32.2. The van der Waals surface area contributed by atoms with E-state index >= 15 is 0 Å². The quantitative estimate of drug-likeness (QED) is 0.326. The first-order chi connectivity index (χ1) is 17.0. The molecule has 0 unspecified atom stereocenters. The standard InChI is InChI=1S/C26H20N4O3S2/c31-25(19-9-8-11-20(17-19)29-35(32,33)22-12-2-1-3-13-22)30(18-21-10-6-7-16-27-21)26-28-23-14-4-5-15-24(23)34-26/h1-17,29H,18H2. The lowest BCUT2D eigenvalue weighted by Gasteiger charge is -2.20. The van der Waals surface area contributed by atoms with E-state index in [2.05, 4.69) is 14.7 Å². The average molecular weight is 501 g/mol. The number of anilines is 2. The topological polar surface area (TPSA) is 92.3 Å². The average Bonchev–Trinajstić information content (AvgIpc) is 3.32. The molecular weight excluding hydrogens is 480 g/mol. The highest BCUT2D eigenvalue weighted by molar-refractivity contribution is 7.92. The van der Waals surface area contributed by atoms with E-state index in [-0.39, 0.29) is 17.3 Å². The number of carbonyl (C=O) groups excluding carboxylic acids is 1. The van der Waals surface area contributed by atoms with Crippen LogP contribution in [0.3, 0.4) is 0 Å². The van der Waals surface area contributed by atoms with Gasteiger partial charge in [0, 0.05) is 17.4 Å². The van der Waals surface area contributed by atoms with Crippen LogP contribution in [0, 0.1) is 0 Å². The van der Waals surface area contributed by atoms with Crippen molar-refractivity contribution < 1.29 is 13.2 Å². The lowest BCUT2D eigenvalue weighted by molar-refractivity contribution is 0.0985. The Labute approximate surface area is 206 Å². The Morgan fingerprint density at radius 2 is 1.66 bits per heavy atom. The summed E-state index contributed by atoms with van der Waals surface area (Å²) in [5, 5.41) is 0.539. The Morgan fingerprint density at radius 3 is 2.43 bits per heavy atom. The number of fused-ring (bicyclic) bond motifs is 1. The van der Waals surface area contributed by atoms with Gasteiger partial charge in [-0.2, -0.15) is 0 Å². The zero-order chi connectivity index (χ0) is 24.3. The molecule has 0 saturated carbocycles. The molecule has 35 heavy (non-hydrogen) atoms. The van der Waals surface area contributed by atoms with Crippen LogP contribution in [0.25, 0.3) is 10.2 Å². The van der Waals surface area contributed by atoms with Gasteiger partial charge in [-0.25, -0.2) is 13.4 Å². The van der Waals surface area contributed by atoms with Gasteiger partial charge in [0.15, 0.2) is 5.13 Å². The van der Waals surface area contributed by atoms with Crippen molar-refractivity contribution in [1.29, 1.82) is 0 Å². The number of sulfonamides is 1. The van der Waals surface area contributed by atoms with Crippen LogP contribution in [0.15, 0.2) is 108 Å². The molecule has 0 aliphatic carbocycles. The van der Waals surface area contributed by atoms with Crippen molar-refractivity contribution in [3.8, 4) is 0 Å². The molecule has 2 aromatic heterocycles. The second-order valence-electron chi connectivity index (χ2n) is 7.68. The molecular formula is C26H20N4O3S2. The van der Waals surface area contributed by atoms with Crippen LogP contribution in [0.4, 0.5) is 10.8 Å². The number of rotatable bonds is 7. The van der Waals surface area contributed by atoms with Gasteiger partial charge in [0.25, 0.3) is 15.9 Å². The molecule has 0 aliphatic heterocycles. The number of benzene rings is 3. The summed E-state index contributed by atoms with van der Waals surface area (Å²) < 4.78 is 29.0.